The Balaban J connectivity index is 1.73. The van der Waals surface area contributed by atoms with E-state index in [1.54, 1.807) is 0 Å². The maximum Gasteiger partial charge on any atom is 0.123 e. The van der Waals surface area contributed by atoms with E-state index in [0.717, 1.165) is 25.1 Å². The molecule has 0 aliphatic heterocycles. The van der Waals surface area contributed by atoms with Crippen molar-refractivity contribution in [1.29, 1.82) is 0 Å². The fourth-order valence-corrected chi connectivity index (χ4v) is 2.77. The Hall–Kier alpha value is -0.600. The molecule has 2 rings (SSSR count). The molecule has 1 aromatic rings. The van der Waals surface area contributed by atoms with Gasteiger partial charge >= 0.3 is 0 Å². The number of hydrogen-bond acceptors (Lipinski definition) is 1. The lowest BCUT2D eigenvalue weighted by Gasteiger charge is -2.27. The molecule has 1 aliphatic carbocycles. The molecule has 0 radical (unpaired) electrons. The summed E-state index contributed by atoms with van der Waals surface area (Å²) in [5.41, 5.74) is 1.12. The highest BCUT2D eigenvalue weighted by atomic mass is 35.5. The number of rotatable bonds is 4. The van der Waals surface area contributed by atoms with Gasteiger partial charge in [-0.1, -0.05) is 25.0 Å². The molecule has 0 saturated heterocycles. The highest BCUT2D eigenvalue weighted by Crippen LogP contribution is 2.27. The SMILES string of the molecule is Fc1ccc(CNCC2CCCCC2Cl)cc1. The topological polar surface area (TPSA) is 12.0 Å². The summed E-state index contributed by atoms with van der Waals surface area (Å²) in [6, 6.07) is 6.65. The molecule has 0 heterocycles. The fourth-order valence-electron chi connectivity index (χ4n) is 2.40. The zero-order valence-corrected chi connectivity index (χ0v) is 10.7. The standard InChI is InChI=1S/C14H19ClFN/c15-14-4-2-1-3-12(14)10-17-9-11-5-7-13(16)8-6-11/h5-8,12,14,17H,1-4,9-10H2. The maximum atomic E-state index is 12.7. The van der Waals surface area contributed by atoms with Crippen molar-refractivity contribution in [3.05, 3.63) is 35.6 Å². The second-order valence-electron chi connectivity index (χ2n) is 4.82. The zero-order chi connectivity index (χ0) is 12.1. The lowest BCUT2D eigenvalue weighted by molar-refractivity contribution is 0.348. The van der Waals surface area contributed by atoms with Gasteiger partial charge in [-0.15, -0.1) is 11.6 Å². The number of nitrogens with one attached hydrogen (secondary N) is 1. The minimum atomic E-state index is -0.179. The Morgan fingerprint density at radius 3 is 2.59 bits per heavy atom. The van der Waals surface area contributed by atoms with Gasteiger partial charge in [0.1, 0.15) is 5.82 Å². The summed E-state index contributed by atoms with van der Waals surface area (Å²) in [6.45, 7) is 1.76. The molecular weight excluding hydrogens is 237 g/mol. The quantitative estimate of drug-likeness (QED) is 0.809. The van der Waals surface area contributed by atoms with Crippen LogP contribution in [0.15, 0.2) is 24.3 Å². The van der Waals surface area contributed by atoms with Crippen molar-refractivity contribution >= 4 is 11.6 Å². The smallest absolute Gasteiger partial charge is 0.123 e. The zero-order valence-electron chi connectivity index (χ0n) is 9.96. The van der Waals surface area contributed by atoms with E-state index in [1.807, 2.05) is 12.1 Å². The van der Waals surface area contributed by atoms with Gasteiger partial charge in [0.15, 0.2) is 0 Å². The van der Waals surface area contributed by atoms with Crippen LogP contribution in [0.4, 0.5) is 4.39 Å². The molecule has 17 heavy (non-hydrogen) atoms. The van der Waals surface area contributed by atoms with Crippen molar-refractivity contribution in [3.63, 3.8) is 0 Å². The normalized spacial score (nSPS) is 24.8. The molecule has 1 fully saturated rings. The summed E-state index contributed by atoms with van der Waals surface area (Å²) in [6.07, 6.45) is 4.93. The molecule has 2 atom stereocenters. The van der Waals surface area contributed by atoms with Crippen LogP contribution in [-0.4, -0.2) is 11.9 Å². The molecule has 0 aromatic heterocycles. The van der Waals surface area contributed by atoms with E-state index >= 15 is 0 Å². The van der Waals surface area contributed by atoms with Crippen LogP contribution in [0.2, 0.25) is 0 Å². The van der Waals surface area contributed by atoms with E-state index in [4.69, 9.17) is 11.6 Å². The molecular formula is C14H19ClFN. The van der Waals surface area contributed by atoms with Crippen molar-refractivity contribution in [2.75, 3.05) is 6.54 Å². The lowest BCUT2D eigenvalue weighted by Crippen LogP contribution is -2.30. The molecule has 1 nitrogen and oxygen atoms in total. The Labute approximate surface area is 107 Å². The average Bonchev–Trinajstić information content (AvgIpc) is 2.34. The molecule has 0 bridgehead atoms. The van der Waals surface area contributed by atoms with Gasteiger partial charge in [-0.2, -0.15) is 0 Å². The van der Waals surface area contributed by atoms with Crippen molar-refractivity contribution in [2.24, 2.45) is 5.92 Å². The first kappa shape index (κ1) is 12.8. The summed E-state index contributed by atoms with van der Waals surface area (Å²) in [5, 5.41) is 3.74. The number of halogens is 2. The summed E-state index contributed by atoms with van der Waals surface area (Å²) >= 11 is 6.30. The maximum absolute atomic E-state index is 12.7. The van der Waals surface area contributed by atoms with Crippen molar-refractivity contribution < 1.29 is 4.39 Å². The Kier molecular flexibility index (Phi) is 4.81. The first-order valence-corrected chi connectivity index (χ1v) is 6.78. The second kappa shape index (κ2) is 6.36. The van der Waals surface area contributed by atoms with E-state index in [1.165, 1.54) is 31.4 Å². The predicted octanol–water partition coefficient (Wildman–Crippen LogP) is 3.71. The summed E-state index contributed by atoms with van der Waals surface area (Å²) in [7, 11) is 0. The number of alkyl halides is 1. The van der Waals surface area contributed by atoms with E-state index in [-0.39, 0.29) is 5.82 Å². The van der Waals surface area contributed by atoms with Gasteiger partial charge in [0.2, 0.25) is 0 Å². The second-order valence-corrected chi connectivity index (χ2v) is 5.38. The minimum absolute atomic E-state index is 0.179. The molecule has 1 aromatic carbocycles. The Bertz CT molecular complexity index is 339. The van der Waals surface area contributed by atoms with Crippen LogP contribution in [0.25, 0.3) is 0 Å². The van der Waals surface area contributed by atoms with Crippen LogP contribution in [0.1, 0.15) is 31.2 Å². The Morgan fingerprint density at radius 1 is 1.18 bits per heavy atom. The third-order valence-corrected chi connectivity index (χ3v) is 4.04. The van der Waals surface area contributed by atoms with Crippen LogP contribution < -0.4 is 5.32 Å². The van der Waals surface area contributed by atoms with Crippen LogP contribution >= 0.6 is 11.6 Å². The van der Waals surface area contributed by atoms with Crippen LogP contribution in [-0.2, 0) is 6.54 Å². The van der Waals surface area contributed by atoms with E-state index < -0.39 is 0 Å². The van der Waals surface area contributed by atoms with Gasteiger partial charge in [0.25, 0.3) is 0 Å². The van der Waals surface area contributed by atoms with E-state index in [0.29, 0.717) is 11.3 Å². The van der Waals surface area contributed by atoms with Gasteiger partial charge in [0.05, 0.1) is 0 Å². The molecule has 2 unspecified atom stereocenters. The molecule has 1 aliphatic rings. The third kappa shape index (κ3) is 3.97. The van der Waals surface area contributed by atoms with Gasteiger partial charge in [-0.05, 0) is 43.0 Å². The Morgan fingerprint density at radius 2 is 1.88 bits per heavy atom. The fraction of sp³-hybridized carbons (Fsp3) is 0.571. The van der Waals surface area contributed by atoms with Crippen LogP contribution in [0.5, 0.6) is 0 Å². The molecule has 1 N–H and O–H groups in total. The first-order valence-electron chi connectivity index (χ1n) is 6.35. The highest BCUT2D eigenvalue weighted by Gasteiger charge is 2.22. The summed E-state index contributed by atoms with van der Waals surface area (Å²) < 4.78 is 12.7. The molecule has 0 spiro atoms. The molecule has 0 amide bonds. The van der Waals surface area contributed by atoms with Crippen molar-refractivity contribution in [2.45, 2.75) is 37.6 Å². The molecule has 94 valence electrons. The number of hydrogen-bond donors (Lipinski definition) is 1. The van der Waals surface area contributed by atoms with E-state index in [2.05, 4.69) is 5.32 Å². The largest absolute Gasteiger partial charge is 0.312 e. The minimum Gasteiger partial charge on any atom is -0.312 e. The summed E-state index contributed by atoms with van der Waals surface area (Å²) in [5.74, 6) is 0.410. The van der Waals surface area contributed by atoms with Gasteiger partial charge < -0.3 is 5.32 Å². The lowest BCUT2D eigenvalue weighted by atomic mass is 9.89. The van der Waals surface area contributed by atoms with Crippen molar-refractivity contribution in [3.8, 4) is 0 Å². The monoisotopic (exact) mass is 255 g/mol. The van der Waals surface area contributed by atoms with Gasteiger partial charge in [-0.3, -0.25) is 0 Å². The van der Waals surface area contributed by atoms with Crippen molar-refractivity contribution in [1.82, 2.24) is 5.32 Å². The predicted molar refractivity (Wildman–Crippen MR) is 69.7 cm³/mol. The van der Waals surface area contributed by atoms with Gasteiger partial charge in [-0.25, -0.2) is 4.39 Å². The average molecular weight is 256 g/mol. The number of benzene rings is 1. The highest BCUT2D eigenvalue weighted by molar-refractivity contribution is 6.20. The first-order chi connectivity index (χ1) is 8.25. The molecule has 3 heteroatoms. The van der Waals surface area contributed by atoms with Gasteiger partial charge in [0, 0.05) is 11.9 Å². The van der Waals surface area contributed by atoms with Crippen LogP contribution in [0.3, 0.4) is 0 Å². The van der Waals surface area contributed by atoms with Crippen LogP contribution in [0, 0.1) is 11.7 Å². The van der Waals surface area contributed by atoms with E-state index in [9.17, 15) is 4.39 Å². The molecule has 1 saturated carbocycles. The summed E-state index contributed by atoms with van der Waals surface area (Å²) in [4.78, 5) is 0. The third-order valence-electron chi connectivity index (χ3n) is 3.47.